The molecule has 1 aliphatic carbocycles. The minimum atomic E-state index is -3.27. The smallest absolute Gasteiger partial charge is 0.209 e. The summed E-state index contributed by atoms with van der Waals surface area (Å²) in [6.07, 6.45) is 4.16. The van der Waals surface area contributed by atoms with Crippen LogP contribution in [0.3, 0.4) is 0 Å². The average Bonchev–Trinajstić information content (AvgIpc) is 3.43. The van der Waals surface area contributed by atoms with Gasteiger partial charge in [-0.15, -0.1) is 0 Å². The number of likely N-dealkylation sites (tertiary alicyclic amines) is 1. The number of nitrogens with zero attached hydrogens (tertiary/aromatic N) is 1. The van der Waals surface area contributed by atoms with E-state index in [1.807, 2.05) is 30.3 Å². The largest absolute Gasteiger partial charge is 0.303 e. The highest BCUT2D eigenvalue weighted by molar-refractivity contribution is 7.88. The van der Waals surface area contributed by atoms with E-state index < -0.39 is 15.6 Å². The monoisotopic (exact) mass is 384 g/mol. The summed E-state index contributed by atoms with van der Waals surface area (Å²) in [7, 11) is -3.27. The first-order valence-electron chi connectivity index (χ1n) is 9.77. The minimum Gasteiger partial charge on any atom is -0.303 e. The molecule has 1 saturated heterocycles. The molecule has 5 heteroatoms. The maximum absolute atomic E-state index is 12.0. The lowest BCUT2D eigenvalue weighted by atomic mass is 9.82. The highest BCUT2D eigenvalue weighted by Gasteiger charge is 2.42. The van der Waals surface area contributed by atoms with Crippen molar-refractivity contribution in [3.8, 4) is 0 Å². The summed E-state index contributed by atoms with van der Waals surface area (Å²) >= 11 is 0. The highest BCUT2D eigenvalue weighted by atomic mass is 32.2. The van der Waals surface area contributed by atoms with Crippen LogP contribution < -0.4 is 4.72 Å². The molecule has 2 fully saturated rings. The normalized spacial score (nSPS) is 25.2. The molecule has 4 nitrogen and oxygen atoms in total. The fourth-order valence-corrected chi connectivity index (χ4v) is 5.60. The molecule has 2 atom stereocenters. The van der Waals surface area contributed by atoms with Gasteiger partial charge in [0.25, 0.3) is 0 Å². The van der Waals surface area contributed by atoms with E-state index in [4.69, 9.17) is 0 Å². The van der Waals surface area contributed by atoms with Gasteiger partial charge < -0.3 is 4.90 Å². The van der Waals surface area contributed by atoms with Crippen molar-refractivity contribution in [3.63, 3.8) is 0 Å². The Labute approximate surface area is 162 Å². The maximum Gasteiger partial charge on any atom is 0.209 e. The summed E-state index contributed by atoms with van der Waals surface area (Å²) in [4.78, 5) is 2.51. The molecule has 0 radical (unpaired) electrons. The van der Waals surface area contributed by atoms with Gasteiger partial charge in [-0.1, -0.05) is 60.7 Å². The van der Waals surface area contributed by atoms with Gasteiger partial charge in [-0.3, -0.25) is 0 Å². The van der Waals surface area contributed by atoms with E-state index in [1.165, 1.54) is 18.2 Å². The van der Waals surface area contributed by atoms with E-state index in [2.05, 4.69) is 40.0 Å². The van der Waals surface area contributed by atoms with E-state index >= 15 is 0 Å². The van der Waals surface area contributed by atoms with Crippen molar-refractivity contribution in [2.24, 2.45) is 5.92 Å². The Morgan fingerprint density at radius 3 is 2.19 bits per heavy atom. The van der Waals surface area contributed by atoms with Crippen molar-refractivity contribution in [1.82, 2.24) is 9.62 Å². The second-order valence-electron chi connectivity index (χ2n) is 8.14. The molecule has 4 rings (SSSR count). The molecule has 144 valence electrons. The Hall–Kier alpha value is -1.69. The predicted molar refractivity (Wildman–Crippen MR) is 109 cm³/mol. The van der Waals surface area contributed by atoms with Crippen LogP contribution in [-0.4, -0.2) is 39.2 Å². The van der Waals surface area contributed by atoms with Gasteiger partial charge in [-0.25, -0.2) is 13.1 Å². The fourth-order valence-electron chi connectivity index (χ4n) is 4.57. The summed E-state index contributed by atoms with van der Waals surface area (Å²) in [5, 5.41) is 0. The molecular weight excluding hydrogens is 356 g/mol. The zero-order valence-corrected chi connectivity index (χ0v) is 16.7. The summed E-state index contributed by atoms with van der Waals surface area (Å²) < 4.78 is 27.0. The van der Waals surface area contributed by atoms with Crippen molar-refractivity contribution >= 4 is 10.0 Å². The van der Waals surface area contributed by atoms with Gasteiger partial charge in [0.05, 0.1) is 11.8 Å². The van der Waals surface area contributed by atoms with E-state index in [0.717, 1.165) is 44.0 Å². The van der Waals surface area contributed by atoms with Crippen LogP contribution >= 0.6 is 0 Å². The number of hydrogen-bond donors (Lipinski definition) is 1. The van der Waals surface area contributed by atoms with Gasteiger partial charge in [0.2, 0.25) is 10.0 Å². The van der Waals surface area contributed by atoms with Crippen LogP contribution in [-0.2, 0) is 15.6 Å². The highest BCUT2D eigenvalue weighted by Crippen LogP contribution is 2.48. The number of nitrogens with one attached hydrogen (secondary N) is 1. The SMILES string of the molecule is CS(=O)(=O)NC1(c2ccccc2)CCN(C[C@@H]2C[C@@H]2c2ccccc2)CC1. The molecule has 1 saturated carbocycles. The lowest BCUT2D eigenvalue weighted by molar-refractivity contribution is 0.145. The Morgan fingerprint density at radius 1 is 1.00 bits per heavy atom. The molecule has 1 N–H and O–H groups in total. The Balaban J connectivity index is 1.40. The lowest BCUT2D eigenvalue weighted by Gasteiger charge is -2.42. The first kappa shape index (κ1) is 18.7. The van der Waals surface area contributed by atoms with Gasteiger partial charge in [0.15, 0.2) is 0 Å². The Bertz CT molecular complexity index is 860. The third kappa shape index (κ3) is 4.42. The van der Waals surface area contributed by atoms with E-state index in [1.54, 1.807) is 0 Å². The molecule has 2 aromatic carbocycles. The van der Waals surface area contributed by atoms with Crippen LogP contribution in [0.2, 0.25) is 0 Å². The van der Waals surface area contributed by atoms with Crippen LogP contribution in [0.4, 0.5) is 0 Å². The Morgan fingerprint density at radius 2 is 1.59 bits per heavy atom. The van der Waals surface area contributed by atoms with E-state index in [0.29, 0.717) is 5.92 Å². The first-order valence-corrected chi connectivity index (χ1v) is 11.7. The number of piperidine rings is 1. The summed E-state index contributed by atoms with van der Waals surface area (Å²) in [6, 6.07) is 20.8. The van der Waals surface area contributed by atoms with Crippen LogP contribution in [0.25, 0.3) is 0 Å². The molecule has 1 aliphatic heterocycles. The third-order valence-electron chi connectivity index (χ3n) is 6.06. The van der Waals surface area contributed by atoms with Crippen molar-refractivity contribution in [1.29, 1.82) is 0 Å². The fraction of sp³-hybridized carbons (Fsp3) is 0.455. The van der Waals surface area contributed by atoms with Gasteiger partial charge in [-0.05, 0) is 42.2 Å². The maximum atomic E-state index is 12.0. The standard InChI is InChI=1S/C22H28N2O2S/c1-27(25,26)23-22(20-10-6-3-7-11-20)12-14-24(15-13-22)17-19-16-21(19)18-8-4-2-5-9-18/h2-11,19,21,23H,12-17H2,1H3/t19-,21+/m0/s1. The second kappa shape index (κ2) is 7.38. The van der Waals surface area contributed by atoms with Crippen LogP contribution in [0.15, 0.2) is 60.7 Å². The molecule has 0 spiro atoms. The zero-order chi connectivity index (χ0) is 18.9. The molecule has 1 heterocycles. The van der Waals surface area contributed by atoms with Gasteiger partial charge in [0.1, 0.15) is 0 Å². The molecule has 2 aliphatic rings. The van der Waals surface area contributed by atoms with Crippen molar-refractivity contribution in [2.75, 3.05) is 25.9 Å². The van der Waals surface area contributed by atoms with Crippen LogP contribution in [0.5, 0.6) is 0 Å². The average molecular weight is 385 g/mol. The van der Waals surface area contributed by atoms with Crippen molar-refractivity contribution in [3.05, 3.63) is 71.8 Å². The predicted octanol–water partition coefficient (Wildman–Crippen LogP) is 3.33. The summed E-state index contributed by atoms with van der Waals surface area (Å²) in [5.74, 6) is 1.43. The topological polar surface area (TPSA) is 49.4 Å². The van der Waals surface area contributed by atoms with Gasteiger partial charge in [0, 0.05) is 19.6 Å². The van der Waals surface area contributed by atoms with Gasteiger partial charge >= 0.3 is 0 Å². The molecule has 2 aromatic rings. The quantitative estimate of drug-likeness (QED) is 0.831. The van der Waals surface area contributed by atoms with Crippen LogP contribution in [0.1, 0.15) is 36.3 Å². The molecule has 0 bridgehead atoms. The van der Waals surface area contributed by atoms with E-state index in [9.17, 15) is 8.42 Å². The van der Waals surface area contributed by atoms with E-state index in [-0.39, 0.29) is 0 Å². The molecular formula is C22H28N2O2S. The Kier molecular flexibility index (Phi) is 5.10. The number of sulfonamides is 1. The first-order chi connectivity index (χ1) is 13.0. The minimum absolute atomic E-state index is 0.478. The zero-order valence-electron chi connectivity index (χ0n) is 15.8. The second-order valence-corrected chi connectivity index (χ2v) is 9.88. The molecule has 0 aromatic heterocycles. The molecule has 27 heavy (non-hydrogen) atoms. The molecule has 0 unspecified atom stereocenters. The van der Waals surface area contributed by atoms with Crippen molar-refractivity contribution in [2.45, 2.75) is 30.7 Å². The van der Waals surface area contributed by atoms with Gasteiger partial charge in [-0.2, -0.15) is 0 Å². The summed E-state index contributed by atoms with van der Waals surface area (Å²) in [5.41, 5.74) is 2.05. The number of hydrogen-bond acceptors (Lipinski definition) is 3. The van der Waals surface area contributed by atoms with Crippen LogP contribution in [0, 0.1) is 5.92 Å². The van der Waals surface area contributed by atoms with Crippen molar-refractivity contribution < 1.29 is 8.42 Å². The third-order valence-corrected chi connectivity index (χ3v) is 6.82. The lowest BCUT2D eigenvalue weighted by Crippen LogP contribution is -2.53. The molecule has 0 amide bonds. The number of rotatable bonds is 6. The summed E-state index contributed by atoms with van der Waals surface area (Å²) in [6.45, 7) is 2.97. The number of benzene rings is 2.